The molecule has 0 aromatic rings. The molecule has 0 fully saturated rings. The van der Waals surface area contributed by atoms with E-state index in [0.717, 1.165) is 83.5 Å². The molecule has 0 bridgehead atoms. The van der Waals surface area contributed by atoms with Gasteiger partial charge in [-0.1, -0.05) is 243 Å². The van der Waals surface area contributed by atoms with Gasteiger partial charge in [0.25, 0.3) is 0 Å². The number of unbranched alkanes of at least 4 members (excludes halogenated alkanes) is 35. The van der Waals surface area contributed by atoms with Crippen LogP contribution in [0.15, 0.2) is 36.5 Å². The number of aliphatic hydroxyl groups excluding tert-OH is 1. The molecule has 11 nitrogen and oxygen atoms in total. The summed E-state index contributed by atoms with van der Waals surface area (Å²) in [5, 5.41) is 9.84. The highest BCUT2D eigenvalue weighted by Gasteiger charge is 2.28. The van der Waals surface area contributed by atoms with E-state index in [4.69, 9.17) is 23.3 Å². The number of ether oxygens (including phenoxy) is 3. The van der Waals surface area contributed by atoms with E-state index in [2.05, 4.69) is 57.2 Å². The summed E-state index contributed by atoms with van der Waals surface area (Å²) < 4.78 is 39.6. The van der Waals surface area contributed by atoms with E-state index < -0.39 is 57.8 Å². The van der Waals surface area contributed by atoms with Crippen LogP contribution in [0.1, 0.15) is 303 Å². The molecule has 3 atom stereocenters. The minimum atomic E-state index is -4.75. The Morgan fingerprint density at radius 1 is 0.378 bits per heavy atom. The lowest BCUT2D eigenvalue weighted by molar-refractivity contribution is -0.161. The van der Waals surface area contributed by atoms with Crippen molar-refractivity contribution in [1.82, 2.24) is 0 Å². The molecule has 434 valence electrons. The van der Waals surface area contributed by atoms with E-state index in [-0.39, 0.29) is 25.9 Å². The Morgan fingerprint density at radius 2 is 0.662 bits per heavy atom. The number of hydrogen-bond acceptors (Lipinski definition) is 10. The molecule has 0 radical (unpaired) electrons. The van der Waals surface area contributed by atoms with Crippen molar-refractivity contribution in [3.05, 3.63) is 36.5 Å². The van der Waals surface area contributed by atoms with Crippen LogP contribution in [0.2, 0.25) is 0 Å². The first-order valence-corrected chi connectivity index (χ1v) is 32.4. The molecule has 0 rings (SSSR count). The van der Waals surface area contributed by atoms with Crippen molar-refractivity contribution in [2.45, 2.75) is 315 Å². The first-order valence-electron chi connectivity index (χ1n) is 30.9. The maximum Gasteiger partial charge on any atom is 0.472 e. The Morgan fingerprint density at radius 3 is 1.04 bits per heavy atom. The number of phosphoric ester groups is 1. The number of carbonyl (C=O) groups is 3. The highest BCUT2D eigenvalue weighted by molar-refractivity contribution is 7.47. The zero-order chi connectivity index (χ0) is 54.1. The van der Waals surface area contributed by atoms with Crippen LogP contribution in [0.4, 0.5) is 0 Å². The molecular formula is C62H115O11P. The molecule has 2 N–H and O–H groups in total. The number of aliphatic hydroxyl groups is 1. The van der Waals surface area contributed by atoms with Gasteiger partial charge in [0.15, 0.2) is 6.10 Å². The van der Waals surface area contributed by atoms with Crippen LogP contribution >= 0.6 is 7.82 Å². The van der Waals surface area contributed by atoms with Crippen molar-refractivity contribution in [1.29, 1.82) is 0 Å². The van der Waals surface area contributed by atoms with E-state index >= 15 is 0 Å². The maximum atomic E-state index is 12.9. The first kappa shape index (κ1) is 71.7. The zero-order valence-corrected chi connectivity index (χ0v) is 49.0. The lowest BCUT2D eigenvalue weighted by atomic mass is 10.0. The van der Waals surface area contributed by atoms with Crippen LogP contribution < -0.4 is 0 Å². The molecule has 74 heavy (non-hydrogen) atoms. The molecule has 3 unspecified atom stereocenters. The molecule has 0 spiro atoms. The number of carbonyl (C=O) groups excluding carboxylic acids is 3. The number of phosphoric acid groups is 1. The average Bonchev–Trinajstić information content (AvgIpc) is 3.39. The van der Waals surface area contributed by atoms with Gasteiger partial charge in [-0.25, -0.2) is 4.57 Å². The largest absolute Gasteiger partial charge is 0.472 e. The summed E-state index contributed by atoms with van der Waals surface area (Å²) >= 11 is 0. The van der Waals surface area contributed by atoms with Crippen molar-refractivity contribution < 1.29 is 52.2 Å². The van der Waals surface area contributed by atoms with E-state index in [9.17, 15) is 28.9 Å². The van der Waals surface area contributed by atoms with E-state index in [1.54, 1.807) is 0 Å². The van der Waals surface area contributed by atoms with Crippen molar-refractivity contribution in [2.75, 3.05) is 26.4 Å². The molecule has 0 aromatic carbocycles. The Hall–Kier alpha value is -2.30. The topological polar surface area (TPSA) is 155 Å². The zero-order valence-electron chi connectivity index (χ0n) is 48.1. The molecule has 0 saturated carbocycles. The second-order valence-corrected chi connectivity index (χ2v) is 22.3. The average molecular weight is 1070 g/mol. The van der Waals surface area contributed by atoms with Gasteiger partial charge in [0, 0.05) is 19.3 Å². The smallest absolute Gasteiger partial charge is 0.462 e. The predicted octanol–water partition coefficient (Wildman–Crippen LogP) is 18.4. The van der Waals surface area contributed by atoms with Gasteiger partial charge in [0.2, 0.25) is 0 Å². The Bertz CT molecular complexity index is 1380. The van der Waals surface area contributed by atoms with Crippen molar-refractivity contribution in [3.8, 4) is 0 Å². The minimum Gasteiger partial charge on any atom is -0.462 e. The molecule has 0 saturated heterocycles. The van der Waals surface area contributed by atoms with Gasteiger partial charge >= 0.3 is 25.7 Å². The summed E-state index contributed by atoms with van der Waals surface area (Å²) in [6.07, 6.45) is 59.5. The fourth-order valence-corrected chi connectivity index (χ4v) is 9.58. The van der Waals surface area contributed by atoms with Gasteiger partial charge in [0.1, 0.15) is 12.7 Å². The number of rotatable bonds is 58. The Kier molecular flexibility index (Phi) is 55.1. The number of allylic oxidation sites excluding steroid dienone is 6. The third kappa shape index (κ3) is 54.5. The molecule has 0 heterocycles. The quantitative estimate of drug-likeness (QED) is 0.0197. The molecule has 0 aromatic heterocycles. The molecule has 12 heteroatoms. The number of hydrogen-bond donors (Lipinski definition) is 2. The summed E-state index contributed by atoms with van der Waals surface area (Å²) in [5.41, 5.74) is 0. The third-order valence-electron chi connectivity index (χ3n) is 13.5. The van der Waals surface area contributed by atoms with Crippen molar-refractivity contribution in [2.24, 2.45) is 0 Å². The van der Waals surface area contributed by atoms with Gasteiger partial charge in [-0.2, -0.15) is 0 Å². The van der Waals surface area contributed by atoms with Crippen LogP contribution in [0, 0.1) is 0 Å². The predicted molar refractivity (Wildman–Crippen MR) is 307 cm³/mol. The molecule has 0 aliphatic heterocycles. The van der Waals surface area contributed by atoms with Gasteiger partial charge < -0.3 is 24.2 Å². The van der Waals surface area contributed by atoms with Crippen molar-refractivity contribution in [3.63, 3.8) is 0 Å². The monoisotopic (exact) mass is 1070 g/mol. The Labute approximate surface area is 454 Å². The van der Waals surface area contributed by atoms with Crippen LogP contribution in [0.25, 0.3) is 0 Å². The van der Waals surface area contributed by atoms with Crippen molar-refractivity contribution >= 4 is 25.7 Å². The summed E-state index contributed by atoms with van der Waals surface area (Å²) in [6.45, 7) is 4.65. The molecule has 0 aliphatic rings. The van der Waals surface area contributed by atoms with Gasteiger partial charge in [-0.05, 0) is 77.0 Å². The highest BCUT2D eigenvalue weighted by Crippen LogP contribution is 2.43. The summed E-state index contributed by atoms with van der Waals surface area (Å²) in [5.74, 6) is -1.46. The normalized spacial score (nSPS) is 13.5. The van der Waals surface area contributed by atoms with Gasteiger partial charge in [-0.3, -0.25) is 23.4 Å². The van der Waals surface area contributed by atoms with E-state index in [1.807, 2.05) is 0 Å². The third-order valence-corrected chi connectivity index (χ3v) is 14.5. The standard InChI is InChI=1S/C62H115O11P/c1-4-7-10-13-16-19-22-25-27-29-31-34-37-40-43-46-49-52-61(65)72-58(54-63)56-70-74(67,68)71-57-59(55-69-60(64)51-48-45-42-39-36-33-24-21-18-15-12-9-6-3)73-62(66)53-50-47-44-41-38-35-32-30-28-26-23-20-17-14-11-8-5-2/h17,20,25-28,58-59,63H,4-16,18-19,21-24,29-57H2,1-3H3,(H,67,68)/b20-17-,27-25-,28-26-. The molecular weight excluding hydrogens is 952 g/mol. The maximum absolute atomic E-state index is 12.9. The molecule has 0 amide bonds. The second-order valence-electron chi connectivity index (χ2n) is 20.9. The summed E-state index contributed by atoms with van der Waals surface area (Å²) in [4.78, 5) is 48.6. The lowest BCUT2D eigenvalue weighted by Gasteiger charge is -2.21. The SMILES string of the molecule is CCCCC/C=C\C/C=C\CCCCCCCCCC(=O)OC(COC(=O)CCCCCCCCCCCCCCC)COP(=O)(O)OCC(CO)OC(=O)CCCCCCCCC/C=C\CCCCCCCC. The van der Waals surface area contributed by atoms with Gasteiger partial charge in [-0.15, -0.1) is 0 Å². The van der Waals surface area contributed by atoms with E-state index in [0.29, 0.717) is 19.3 Å². The summed E-state index contributed by atoms with van der Waals surface area (Å²) in [6, 6.07) is 0. The second kappa shape index (κ2) is 56.9. The number of esters is 3. The van der Waals surface area contributed by atoms with Crippen LogP contribution in [0.3, 0.4) is 0 Å². The minimum absolute atomic E-state index is 0.162. The van der Waals surface area contributed by atoms with Crippen LogP contribution in [-0.2, 0) is 42.2 Å². The lowest BCUT2D eigenvalue weighted by Crippen LogP contribution is -2.30. The van der Waals surface area contributed by atoms with E-state index in [1.165, 1.54) is 161 Å². The molecule has 0 aliphatic carbocycles. The Balaban J connectivity index is 4.66. The summed E-state index contributed by atoms with van der Waals surface area (Å²) in [7, 11) is -4.75. The van der Waals surface area contributed by atoms with Crippen LogP contribution in [0.5, 0.6) is 0 Å². The fourth-order valence-electron chi connectivity index (χ4n) is 8.79. The first-order chi connectivity index (χ1) is 36.2. The highest BCUT2D eigenvalue weighted by atomic mass is 31.2. The fraction of sp³-hybridized carbons (Fsp3) is 0.855. The van der Waals surface area contributed by atoms with Gasteiger partial charge in [0.05, 0.1) is 19.8 Å². The van der Waals surface area contributed by atoms with Crippen LogP contribution in [-0.4, -0.2) is 66.5 Å².